The molecule has 106 valence electrons. The van der Waals surface area contributed by atoms with E-state index >= 15 is 0 Å². The lowest BCUT2D eigenvalue weighted by Crippen LogP contribution is -2.15. The van der Waals surface area contributed by atoms with Crippen molar-refractivity contribution in [3.05, 3.63) is 35.2 Å². The van der Waals surface area contributed by atoms with Crippen molar-refractivity contribution in [2.75, 3.05) is 17.6 Å². The minimum atomic E-state index is -0.709. The molecule has 1 aromatic carbocycles. The number of primary amides is 1. The molecule has 0 radical (unpaired) electrons. The average Bonchev–Trinajstić information content (AvgIpc) is 2.77. The van der Waals surface area contributed by atoms with Crippen LogP contribution in [0, 0.1) is 12.7 Å². The van der Waals surface area contributed by atoms with Gasteiger partial charge < -0.3 is 21.3 Å². The van der Waals surface area contributed by atoms with Crippen molar-refractivity contribution in [2.24, 2.45) is 5.73 Å². The van der Waals surface area contributed by atoms with Gasteiger partial charge in [-0.2, -0.15) is 4.98 Å². The normalized spacial score (nSPS) is 10.5. The van der Waals surface area contributed by atoms with Crippen LogP contribution in [0.15, 0.2) is 16.7 Å². The largest absolute Gasteiger partial charge is 0.398 e. The zero-order chi connectivity index (χ0) is 14.7. The van der Waals surface area contributed by atoms with Crippen LogP contribution in [-0.4, -0.2) is 22.6 Å². The Morgan fingerprint density at radius 3 is 2.85 bits per heavy atom. The molecule has 0 saturated heterocycles. The van der Waals surface area contributed by atoms with E-state index < -0.39 is 11.7 Å². The molecule has 1 aromatic heterocycles. The lowest BCUT2D eigenvalue weighted by atomic mass is 10.1. The first kappa shape index (κ1) is 13.8. The van der Waals surface area contributed by atoms with E-state index in [2.05, 4.69) is 15.5 Å². The third-order valence-electron chi connectivity index (χ3n) is 2.64. The summed E-state index contributed by atoms with van der Waals surface area (Å²) in [6.45, 7) is 2.06. The van der Waals surface area contributed by atoms with Crippen LogP contribution in [0.1, 0.15) is 22.1 Å². The second kappa shape index (κ2) is 5.55. The Morgan fingerprint density at radius 2 is 2.25 bits per heavy atom. The van der Waals surface area contributed by atoms with Crippen LogP contribution in [0.5, 0.6) is 0 Å². The van der Waals surface area contributed by atoms with Crippen LogP contribution in [0.25, 0.3) is 0 Å². The maximum Gasteiger partial charge on any atom is 0.250 e. The molecule has 2 rings (SSSR count). The van der Waals surface area contributed by atoms with Gasteiger partial charge in [-0.3, -0.25) is 4.79 Å². The monoisotopic (exact) mass is 279 g/mol. The number of amides is 1. The van der Waals surface area contributed by atoms with Crippen molar-refractivity contribution in [3.63, 3.8) is 0 Å². The maximum absolute atomic E-state index is 13.7. The summed E-state index contributed by atoms with van der Waals surface area (Å²) < 4.78 is 18.5. The molecule has 0 unspecified atom stereocenters. The summed E-state index contributed by atoms with van der Waals surface area (Å²) in [7, 11) is 0. The molecule has 1 amide bonds. The van der Waals surface area contributed by atoms with Crippen LogP contribution in [-0.2, 0) is 6.42 Å². The number of carbonyl (C=O) groups is 1. The van der Waals surface area contributed by atoms with Crippen molar-refractivity contribution < 1.29 is 13.7 Å². The molecule has 1 heterocycles. The second-order valence-corrected chi connectivity index (χ2v) is 4.19. The number of hydrogen-bond donors (Lipinski definition) is 3. The van der Waals surface area contributed by atoms with E-state index in [1.165, 1.54) is 6.07 Å². The smallest absolute Gasteiger partial charge is 0.250 e. The summed E-state index contributed by atoms with van der Waals surface area (Å²) in [5.41, 5.74) is 10.9. The molecule has 0 spiro atoms. The summed E-state index contributed by atoms with van der Waals surface area (Å²) >= 11 is 0. The summed E-state index contributed by atoms with van der Waals surface area (Å²) in [6, 6.07) is 2.34. The fourth-order valence-electron chi connectivity index (χ4n) is 1.69. The quantitative estimate of drug-likeness (QED) is 0.698. The molecule has 0 atom stereocenters. The number of aromatic nitrogens is 2. The summed E-state index contributed by atoms with van der Waals surface area (Å²) in [4.78, 5) is 15.2. The Hall–Kier alpha value is -2.64. The SMILES string of the molecule is Cc1nc(CCNc2cc(C(N)=O)c(N)cc2F)no1. The number of nitrogens with two attached hydrogens (primary N) is 2. The van der Waals surface area contributed by atoms with E-state index in [4.69, 9.17) is 16.0 Å². The van der Waals surface area contributed by atoms with Gasteiger partial charge in [0.2, 0.25) is 5.89 Å². The number of carbonyl (C=O) groups excluding carboxylic acids is 1. The molecule has 20 heavy (non-hydrogen) atoms. The zero-order valence-corrected chi connectivity index (χ0v) is 10.8. The first-order valence-electron chi connectivity index (χ1n) is 5.89. The number of nitrogens with zero attached hydrogens (tertiary/aromatic N) is 2. The molecule has 2 aromatic rings. The Labute approximate surface area is 114 Å². The Kier molecular flexibility index (Phi) is 3.83. The molecular weight excluding hydrogens is 265 g/mol. The summed E-state index contributed by atoms with van der Waals surface area (Å²) in [5, 5.41) is 6.55. The minimum Gasteiger partial charge on any atom is -0.398 e. The molecule has 7 nitrogen and oxygen atoms in total. The lowest BCUT2D eigenvalue weighted by Gasteiger charge is -2.09. The highest BCUT2D eigenvalue weighted by Crippen LogP contribution is 2.21. The lowest BCUT2D eigenvalue weighted by molar-refractivity contribution is 0.100. The average molecular weight is 279 g/mol. The van der Waals surface area contributed by atoms with Crippen molar-refractivity contribution in [2.45, 2.75) is 13.3 Å². The van der Waals surface area contributed by atoms with Gasteiger partial charge in [0.05, 0.1) is 11.3 Å². The molecule has 0 aliphatic rings. The third-order valence-corrected chi connectivity index (χ3v) is 2.64. The van der Waals surface area contributed by atoms with Gasteiger partial charge in [-0.15, -0.1) is 0 Å². The first-order chi connectivity index (χ1) is 9.47. The Morgan fingerprint density at radius 1 is 1.50 bits per heavy atom. The summed E-state index contributed by atoms with van der Waals surface area (Å²) in [5.74, 6) is -0.285. The highest BCUT2D eigenvalue weighted by atomic mass is 19.1. The minimum absolute atomic E-state index is 0.00865. The van der Waals surface area contributed by atoms with Gasteiger partial charge in [-0.1, -0.05) is 5.16 Å². The number of hydrogen-bond acceptors (Lipinski definition) is 6. The van der Waals surface area contributed by atoms with Crippen LogP contribution in [0.3, 0.4) is 0 Å². The molecule has 0 saturated carbocycles. The molecule has 5 N–H and O–H groups in total. The molecule has 0 fully saturated rings. The number of nitrogen functional groups attached to an aromatic ring is 1. The van der Waals surface area contributed by atoms with E-state index in [-0.39, 0.29) is 16.9 Å². The van der Waals surface area contributed by atoms with Crippen molar-refractivity contribution >= 4 is 17.3 Å². The van der Waals surface area contributed by atoms with Crippen molar-refractivity contribution in [1.82, 2.24) is 10.1 Å². The van der Waals surface area contributed by atoms with Crippen LogP contribution < -0.4 is 16.8 Å². The van der Waals surface area contributed by atoms with E-state index in [0.29, 0.717) is 24.7 Å². The molecule has 8 heteroatoms. The maximum atomic E-state index is 13.7. The molecule has 0 aliphatic heterocycles. The van der Waals surface area contributed by atoms with Crippen LogP contribution in [0.2, 0.25) is 0 Å². The number of aryl methyl sites for hydroxylation is 1. The van der Waals surface area contributed by atoms with E-state index in [9.17, 15) is 9.18 Å². The van der Waals surface area contributed by atoms with E-state index in [1.54, 1.807) is 6.92 Å². The number of benzene rings is 1. The van der Waals surface area contributed by atoms with E-state index in [1.807, 2.05) is 0 Å². The second-order valence-electron chi connectivity index (χ2n) is 4.19. The highest BCUT2D eigenvalue weighted by molar-refractivity contribution is 5.99. The molecule has 0 bridgehead atoms. The van der Waals surface area contributed by atoms with Gasteiger partial charge in [-0.25, -0.2) is 4.39 Å². The third kappa shape index (κ3) is 3.02. The Bertz CT molecular complexity index is 641. The van der Waals surface area contributed by atoms with Crippen LogP contribution in [0.4, 0.5) is 15.8 Å². The first-order valence-corrected chi connectivity index (χ1v) is 5.89. The number of rotatable bonds is 5. The van der Waals surface area contributed by atoms with Crippen LogP contribution >= 0.6 is 0 Å². The highest BCUT2D eigenvalue weighted by Gasteiger charge is 2.12. The van der Waals surface area contributed by atoms with Crippen molar-refractivity contribution in [1.29, 1.82) is 0 Å². The zero-order valence-electron chi connectivity index (χ0n) is 10.8. The fourth-order valence-corrected chi connectivity index (χ4v) is 1.69. The predicted octanol–water partition coefficient (Wildman–Crippen LogP) is 0.853. The number of halogens is 1. The van der Waals surface area contributed by atoms with Gasteiger partial charge in [0, 0.05) is 25.6 Å². The van der Waals surface area contributed by atoms with E-state index in [0.717, 1.165) is 6.07 Å². The summed E-state index contributed by atoms with van der Waals surface area (Å²) in [6.07, 6.45) is 0.451. The number of anilines is 2. The van der Waals surface area contributed by atoms with Crippen molar-refractivity contribution in [3.8, 4) is 0 Å². The Balaban J connectivity index is 2.05. The topological polar surface area (TPSA) is 120 Å². The van der Waals surface area contributed by atoms with Gasteiger partial charge in [0.1, 0.15) is 5.82 Å². The van der Waals surface area contributed by atoms with Gasteiger partial charge in [0.25, 0.3) is 5.91 Å². The molecule has 0 aliphatic carbocycles. The standard InChI is InChI=1S/C12H14FN5O2/c1-6-17-11(18-20-6)2-3-16-10-4-7(12(15)19)9(14)5-8(10)13/h4-5,16H,2-3,14H2,1H3,(H2,15,19). The number of nitrogens with one attached hydrogen (secondary N) is 1. The van der Waals surface area contributed by atoms with Gasteiger partial charge >= 0.3 is 0 Å². The van der Waals surface area contributed by atoms with Gasteiger partial charge in [-0.05, 0) is 12.1 Å². The molecular formula is C12H14FN5O2. The fraction of sp³-hybridized carbons (Fsp3) is 0.250. The predicted molar refractivity (Wildman–Crippen MR) is 70.6 cm³/mol. The van der Waals surface area contributed by atoms with Gasteiger partial charge in [0.15, 0.2) is 5.82 Å².